The van der Waals surface area contributed by atoms with Crippen LogP contribution in [0.1, 0.15) is 26.7 Å². The first kappa shape index (κ1) is 20.6. The molecule has 1 heterocycles. The van der Waals surface area contributed by atoms with Crippen molar-refractivity contribution in [1.29, 1.82) is 0 Å². The molecule has 1 aromatic rings. The summed E-state index contributed by atoms with van der Waals surface area (Å²) >= 11 is 0. The van der Waals surface area contributed by atoms with Gasteiger partial charge in [-0.05, 0) is 43.9 Å². The molecule has 1 N–H and O–H groups in total. The number of carbonyl (C=O) groups excluding carboxylic acids is 1. The number of carbonyl (C=O) groups is 1. The molecule has 1 fully saturated rings. The second-order valence-corrected chi connectivity index (χ2v) is 8.51. The molecule has 0 spiro atoms. The first-order valence-electron chi connectivity index (χ1n) is 8.93. The average Bonchev–Trinajstić information content (AvgIpc) is 2.58. The van der Waals surface area contributed by atoms with Crippen LogP contribution < -0.4 is 4.72 Å². The number of amides is 1. The number of ether oxygens (including phenoxy) is 1. The zero-order valence-corrected chi connectivity index (χ0v) is 16.1. The fraction of sp³-hybridized carbons (Fsp3) is 0.611. The first-order chi connectivity index (χ1) is 12.3. The molecular formula is C18H27FN2O4S. The molecule has 26 heavy (non-hydrogen) atoms. The molecule has 0 aromatic heterocycles. The van der Waals surface area contributed by atoms with Crippen LogP contribution in [0.4, 0.5) is 10.1 Å². The summed E-state index contributed by atoms with van der Waals surface area (Å²) in [5, 5.41) is 0. The molecule has 0 aliphatic carbocycles. The van der Waals surface area contributed by atoms with Crippen molar-refractivity contribution in [2.75, 3.05) is 36.8 Å². The molecule has 1 amide bonds. The van der Waals surface area contributed by atoms with Crippen LogP contribution in [0.15, 0.2) is 24.3 Å². The molecule has 2 unspecified atom stereocenters. The summed E-state index contributed by atoms with van der Waals surface area (Å²) in [7, 11) is -3.75. The van der Waals surface area contributed by atoms with E-state index in [4.69, 9.17) is 4.74 Å². The monoisotopic (exact) mass is 386 g/mol. The number of piperidine rings is 1. The van der Waals surface area contributed by atoms with Gasteiger partial charge in [0.1, 0.15) is 5.82 Å². The van der Waals surface area contributed by atoms with E-state index >= 15 is 0 Å². The van der Waals surface area contributed by atoms with Gasteiger partial charge in [-0.3, -0.25) is 9.52 Å². The first-order valence-corrected chi connectivity index (χ1v) is 10.6. The van der Waals surface area contributed by atoms with Gasteiger partial charge in [0, 0.05) is 19.7 Å². The van der Waals surface area contributed by atoms with Gasteiger partial charge in [-0.2, -0.15) is 0 Å². The lowest BCUT2D eigenvalue weighted by Gasteiger charge is -2.34. The van der Waals surface area contributed by atoms with E-state index in [2.05, 4.69) is 4.72 Å². The molecule has 1 aliphatic heterocycles. The number of halogens is 1. The summed E-state index contributed by atoms with van der Waals surface area (Å²) in [6.45, 7) is 6.05. The standard InChI is InChI=1S/C18H27FN2O4S/c1-3-25-12-15-6-5-9-21(11-15)18(22)14(2)13-26(23,24)20-17-8-4-7-16(19)10-17/h4,7-8,10,14-15,20H,3,5-6,9,11-13H2,1-2H3. The van der Waals surface area contributed by atoms with Crippen molar-refractivity contribution in [3.63, 3.8) is 0 Å². The molecule has 1 saturated heterocycles. The lowest BCUT2D eigenvalue weighted by Crippen LogP contribution is -2.45. The largest absolute Gasteiger partial charge is 0.381 e. The highest BCUT2D eigenvalue weighted by molar-refractivity contribution is 7.92. The van der Waals surface area contributed by atoms with E-state index < -0.39 is 21.8 Å². The van der Waals surface area contributed by atoms with Crippen LogP contribution >= 0.6 is 0 Å². The Morgan fingerprint density at radius 3 is 2.92 bits per heavy atom. The molecule has 0 radical (unpaired) electrons. The van der Waals surface area contributed by atoms with E-state index in [1.54, 1.807) is 11.8 Å². The minimum atomic E-state index is -3.75. The smallest absolute Gasteiger partial charge is 0.233 e. The van der Waals surface area contributed by atoms with Crippen molar-refractivity contribution in [1.82, 2.24) is 4.90 Å². The molecule has 0 bridgehead atoms. The Morgan fingerprint density at radius 2 is 2.23 bits per heavy atom. The third-order valence-corrected chi connectivity index (χ3v) is 5.86. The molecule has 2 rings (SSSR count). The predicted octanol–water partition coefficient (Wildman–Crippen LogP) is 2.48. The van der Waals surface area contributed by atoms with Crippen LogP contribution in [0.25, 0.3) is 0 Å². The summed E-state index contributed by atoms with van der Waals surface area (Å²) in [6, 6.07) is 5.23. The third-order valence-electron chi connectivity index (χ3n) is 4.38. The molecule has 2 atom stereocenters. The van der Waals surface area contributed by atoms with Crippen molar-refractivity contribution >= 4 is 21.6 Å². The van der Waals surface area contributed by atoms with Crippen LogP contribution in [-0.2, 0) is 19.6 Å². The summed E-state index contributed by atoms with van der Waals surface area (Å²) < 4.78 is 45.5. The molecule has 1 aromatic carbocycles. The maximum absolute atomic E-state index is 13.2. The van der Waals surface area contributed by atoms with Gasteiger partial charge < -0.3 is 9.64 Å². The lowest BCUT2D eigenvalue weighted by atomic mass is 9.98. The van der Waals surface area contributed by atoms with Crippen LogP contribution in [0.5, 0.6) is 0 Å². The molecule has 146 valence electrons. The van der Waals surface area contributed by atoms with E-state index in [1.165, 1.54) is 18.2 Å². The number of hydrogen-bond acceptors (Lipinski definition) is 4. The predicted molar refractivity (Wildman–Crippen MR) is 98.8 cm³/mol. The lowest BCUT2D eigenvalue weighted by molar-refractivity contribution is -0.136. The zero-order valence-electron chi connectivity index (χ0n) is 15.3. The van der Waals surface area contributed by atoms with Crippen molar-refractivity contribution in [2.45, 2.75) is 26.7 Å². The van der Waals surface area contributed by atoms with Gasteiger partial charge in [-0.25, -0.2) is 12.8 Å². The third kappa shape index (κ3) is 6.25. The highest BCUT2D eigenvalue weighted by Gasteiger charge is 2.29. The molecular weight excluding hydrogens is 359 g/mol. The van der Waals surface area contributed by atoms with Gasteiger partial charge in [0.2, 0.25) is 15.9 Å². The summed E-state index contributed by atoms with van der Waals surface area (Å²) in [5.74, 6) is -1.41. The SMILES string of the molecule is CCOCC1CCCN(C(=O)C(C)CS(=O)(=O)Nc2cccc(F)c2)C1. The summed E-state index contributed by atoms with van der Waals surface area (Å²) in [6.07, 6.45) is 1.90. The number of nitrogens with zero attached hydrogens (tertiary/aromatic N) is 1. The van der Waals surface area contributed by atoms with Crippen LogP contribution in [0.3, 0.4) is 0 Å². The minimum absolute atomic E-state index is 0.152. The zero-order chi connectivity index (χ0) is 19.2. The number of benzene rings is 1. The molecule has 8 heteroatoms. The fourth-order valence-corrected chi connectivity index (χ4v) is 4.54. The molecule has 1 aliphatic rings. The van der Waals surface area contributed by atoms with Crippen molar-refractivity contribution in [3.8, 4) is 0 Å². The number of anilines is 1. The highest BCUT2D eigenvalue weighted by Crippen LogP contribution is 2.20. The maximum Gasteiger partial charge on any atom is 0.233 e. The number of hydrogen-bond donors (Lipinski definition) is 1. The second kappa shape index (κ2) is 9.32. The van der Waals surface area contributed by atoms with Crippen LogP contribution in [0, 0.1) is 17.7 Å². The Morgan fingerprint density at radius 1 is 1.46 bits per heavy atom. The van der Waals surface area contributed by atoms with Gasteiger partial charge in [0.25, 0.3) is 0 Å². The van der Waals surface area contributed by atoms with Gasteiger partial charge >= 0.3 is 0 Å². The maximum atomic E-state index is 13.2. The van der Waals surface area contributed by atoms with E-state index in [-0.39, 0.29) is 17.3 Å². The quantitative estimate of drug-likeness (QED) is 0.745. The second-order valence-electron chi connectivity index (χ2n) is 6.75. The van der Waals surface area contributed by atoms with Gasteiger partial charge in [-0.15, -0.1) is 0 Å². The van der Waals surface area contributed by atoms with Crippen molar-refractivity contribution < 1.29 is 22.3 Å². The Kier molecular flexibility index (Phi) is 7.40. The normalized spacial score (nSPS) is 19.2. The van der Waals surface area contributed by atoms with E-state index in [0.717, 1.165) is 18.9 Å². The number of sulfonamides is 1. The molecule has 6 nitrogen and oxygen atoms in total. The average molecular weight is 386 g/mol. The van der Waals surface area contributed by atoms with E-state index in [0.29, 0.717) is 32.2 Å². The Bertz CT molecular complexity index is 711. The van der Waals surface area contributed by atoms with Gasteiger partial charge in [-0.1, -0.05) is 13.0 Å². The molecule has 0 saturated carbocycles. The number of rotatable bonds is 8. The van der Waals surface area contributed by atoms with Gasteiger partial charge in [0.15, 0.2) is 0 Å². The van der Waals surface area contributed by atoms with Crippen molar-refractivity contribution in [3.05, 3.63) is 30.1 Å². The van der Waals surface area contributed by atoms with Crippen LogP contribution in [0.2, 0.25) is 0 Å². The summed E-state index contributed by atoms with van der Waals surface area (Å²) in [4.78, 5) is 14.4. The highest BCUT2D eigenvalue weighted by atomic mass is 32.2. The minimum Gasteiger partial charge on any atom is -0.381 e. The number of nitrogens with one attached hydrogen (secondary N) is 1. The topological polar surface area (TPSA) is 75.7 Å². The Balaban J connectivity index is 1.92. The van der Waals surface area contributed by atoms with Crippen molar-refractivity contribution in [2.24, 2.45) is 11.8 Å². The van der Waals surface area contributed by atoms with E-state index in [9.17, 15) is 17.6 Å². The summed E-state index contributed by atoms with van der Waals surface area (Å²) in [5.41, 5.74) is 0.152. The van der Waals surface area contributed by atoms with Gasteiger partial charge in [0.05, 0.1) is 24.0 Å². The fourth-order valence-electron chi connectivity index (χ4n) is 3.17. The Labute approximate surface area is 154 Å². The Hall–Kier alpha value is -1.67. The van der Waals surface area contributed by atoms with Crippen LogP contribution in [-0.4, -0.2) is 51.3 Å². The number of likely N-dealkylation sites (tertiary alicyclic amines) is 1. The van der Waals surface area contributed by atoms with E-state index in [1.807, 2.05) is 6.92 Å².